The molecule has 0 saturated heterocycles. The summed E-state index contributed by atoms with van der Waals surface area (Å²) in [5.41, 5.74) is 5.63. The lowest BCUT2D eigenvalue weighted by Crippen LogP contribution is -2.18. The molecule has 1 amide bonds. The Hall–Kier alpha value is -3.10. The molecule has 3 N–H and O–H groups in total. The van der Waals surface area contributed by atoms with Crippen molar-refractivity contribution in [1.29, 1.82) is 5.26 Å². The third-order valence-corrected chi connectivity index (χ3v) is 4.04. The summed E-state index contributed by atoms with van der Waals surface area (Å²) < 4.78 is 0. The fourth-order valence-electron chi connectivity index (χ4n) is 2.74. The first kappa shape index (κ1) is 19.2. The van der Waals surface area contributed by atoms with E-state index >= 15 is 0 Å². The Morgan fingerprint density at radius 3 is 2.23 bits per heavy atom. The van der Waals surface area contributed by atoms with Crippen LogP contribution in [0.3, 0.4) is 0 Å². The Labute approximate surface area is 154 Å². The van der Waals surface area contributed by atoms with Crippen molar-refractivity contribution in [2.75, 3.05) is 5.32 Å². The number of nitriles is 1. The van der Waals surface area contributed by atoms with Crippen molar-refractivity contribution in [3.8, 4) is 6.07 Å². The normalized spacial score (nSPS) is 11.0. The van der Waals surface area contributed by atoms with Gasteiger partial charge in [0.15, 0.2) is 0 Å². The number of hydrogen-bond donors (Lipinski definition) is 3. The number of nitrogens with one attached hydrogen (secondary N) is 2. The molecule has 2 aromatic rings. The third kappa shape index (κ3) is 4.95. The van der Waals surface area contributed by atoms with Crippen molar-refractivity contribution >= 4 is 11.6 Å². The van der Waals surface area contributed by atoms with E-state index in [0.29, 0.717) is 6.54 Å². The quantitative estimate of drug-likeness (QED) is 0.552. The first-order chi connectivity index (χ1) is 12.4. The van der Waals surface area contributed by atoms with Crippen LogP contribution in [0.2, 0.25) is 0 Å². The number of hydrogen-bond acceptors (Lipinski definition) is 4. The van der Waals surface area contributed by atoms with Crippen LogP contribution in [0, 0.1) is 32.1 Å². The third-order valence-electron chi connectivity index (χ3n) is 4.04. The Morgan fingerprint density at radius 2 is 1.69 bits per heavy atom. The molecule has 0 unspecified atom stereocenters. The lowest BCUT2D eigenvalue weighted by Gasteiger charge is -2.12. The highest BCUT2D eigenvalue weighted by Crippen LogP contribution is 2.22. The molecule has 0 radical (unpaired) electrons. The van der Waals surface area contributed by atoms with Crippen LogP contribution in [-0.2, 0) is 17.9 Å². The topological polar surface area (TPSA) is 85.2 Å². The number of nitrogens with zero attached hydrogens (tertiary/aromatic N) is 1. The summed E-state index contributed by atoms with van der Waals surface area (Å²) >= 11 is 0. The molecule has 0 aromatic heterocycles. The highest BCUT2D eigenvalue weighted by molar-refractivity contribution is 6.07. The van der Waals surface area contributed by atoms with Gasteiger partial charge in [-0.15, -0.1) is 0 Å². The molecule has 0 aliphatic heterocycles. The van der Waals surface area contributed by atoms with Gasteiger partial charge in [0.05, 0.1) is 6.61 Å². The summed E-state index contributed by atoms with van der Waals surface area (Å²) in [6.07, 6.45) is 1.42. The van der Waals surface area contributed by atoms with E-state index in [9.17, 15) is 10.1 Å². The summed E-state index contributed by atoms with van der Waals surface area (Å²) in [5.74, 6) is -0.439. The Bertz CT molecular complexity index is 839. The second-order valence-electron chi connectivity index (χ2n) is 6.25. The maximum Gasteiger partial charge on any atom is 0.267 e. The van der Waals surface area contributed by atoms with Crippen LogP contribution in [0.15, 0.2) is 48.2 Å². The number of aryl methyl sites for hydroxylation is 3. The van der Waals surface area contributed by atoms with Crippen LogP contribution >= 0.6 is 0 Å². The van der Waals surface area contributed by atoms with E-state index in [-0.39, 0.29) is 12.2 Å². The zero-order valence-electron chi connectivity index (χ0n) is 15.3. The van der Waals surface area contributed by atoms with E-state index < -0.39 is 5.91 Å². The van der Waals surface area contributed by atoms with E-state index in [1.165, 1.54) is 6.20 Å². The number of rotatable bonds is 6. The molecule has 0 fully saturated rings. The van der Waals surface area contributed by atoms with Gasteiger partial charge >= 0.3 is 0 Å². The minimum Gasteiger partial charge on any atom is -0.392 e. The molecule has 0 aliphatic carbocycles. The molecule has 2 aromatic carbocycles. The molecule has 0 heterocycles. The first-order valence-electron chi connectivity index (χ1n) is 8.36. The highest BCUT2D eigenvalue weighted by atomic mass is 16.3. The van der Waals surface area contributed by atoms with Crippen molar-refractivity contribution in [3.05, 3.63) is 76.0 Å². The smallest absolute Gasteiger partial charge is 0.267 e. The first-order valence-corrected chi connectivity index (χ1v) is 8.36. The zero-order chi connectivity index (χ0) is 19.1. The van der Waals surface area contributed by atoms with Gasteiger partial charge in [-0.3, -0.25) is 4.79 Å². The fraction of sp³-hybridized carbons (Fsp3) is 0.238. The largest absolute Gasteiger partial charge is 0.392 e. The Kier molecular flexibility index (Phi) is 6.54. The van der Waals surface area contributed by atoms with Crippen LogP contribution in [0.25, 0.3) is 0 Å². The van der Waals surface area contributed by atoms with Gasteiger partial charge < -0.3 is 15.7 Å². The number of carbonyl (C=O) groups excluding carboxylic acids is 1. The molecular formula is C21H23N3O2. The van der Waals surface area contributed by atoms with Crippen LogP contribution < -0.4 is 10.6 Å². The van der Waals surface area contributed by atoms with Crippen molar-refractivity contribution < 1.29 is 9.90 Å². The van der Waals surface area contributed by atoms with Gasteiger partial charge in [-0.1, -0.05) is 42.0 Å². The summed E-state index contributed by atoms with van der Waals surface area (Å²) in [4.78, 5) is 12.4. The van der Waals surface area contributed by atoms with Gasteiger partial charge in [0.25, 0.3) is 5.91 Å². The fourth-order valence-corrected chi connectivity index (χ4v) is 2.74. The summed E-state index contributed by atoms with van der Waals surface area (Å²) in [5, 5.41) is 24.1. The van der Waals surface area contributed by atoms with Gasteiger partial charge in [0.1, 0.15) is 11.6 Å². The van der Waals surface area contributed by atoms with E-state index in [4.69, 9.17) is 5.11 Å². The lowest BCUT2D eigenvalue weighted by molar-refractivity contribution is -0.112. The molecule has 0 atom stereocenters. The maximum atomic E-state index is 12.4. The van der Waals surface area contributed by atoms with Gasteiger partial charge in [-0.25, -0.2) is 0 Å². The van der Waals surface area contributed by atoms with Crippen LogP contribution in [0.5, 0.6) is 0 Å². The average Bonchev–Trinajstić information content (AvgIpc) is 2.62. The minimum absolute atomic E-state index is 0.00417. The Balaban J connectivity index is 2.04. The minimum atomic E-state index is -0.439. The number of carbonyl (C=O) groups is 1. The predicted molar refractivity (Wildman–Crippen MR) is 102 cm³/mol. The van der Waals surface area contributed by atoms with Crippen molar-refractivity contribution in [2.45, 2.75) is 33.9 Å². The molecule has 134 valence electrons. The van der Waals surface area contributed by atoms with Crippen molar-refractivity contribution in [2.24, 2.45) is 0 Å². The standard InChI is InChI=1S/C21H23N3O2/c1-14-8-15(2)20(16(3)9-14)24-21(26)19(10-22)12-23-11-17-4-6-18(13-25)7-5-17/h4-9,12,23,25H,11,13H2,1-3H3,(H,24,26)/b19-12-. The van der Waals surface area contributed by atoms with Gasteiger partial charge in [-0.05, 0) is 43.0 Å². The zero-order valence-corrected chi connectivity index (χ0v) is 15.3. The molecule has 2 rings (SSSR count). The van der Waals surface area contributed by atoms with Gasteiger partial charge in [0, 0.05) is 18.4 Å². The Morgan fingerprint density at radius 1 is 1.12 bits per heavy atom. The lowest BCUT2D eigenvalue weighted by atomic mass is 10.0. The van der Waals surface area contributed by atoms with E-state index in [1.807, 2.05) is 63.2 Å². The van der Waals surface area contributed by atoms with Crippen LogP contribution in [0.1, 0.15) is 27.8 Å². The maximum absolute atomic E-state index is 12.4. The van der Waals surface area contributed by atoms with Gasteiger partial charge in [-0.2, -0.15) is 5.26 Å². The van der Waals surface area contributed by atoms with Gasteiger partial charge in [0.2, 0.25) is 0 Å². The van der Waals surface area contributed by atoms with Crippen LogP contribution in [0.4, 0.5) is 5.69 Å². The highest BCUT2D eigenvalue weighted by Gasteiger charge is 2.12. The number of amides is 1. The molecule has 5 nitrogen and oxygen atoms in total. The van der Waals surface area contributed by atoms with Crippen LogP contribution in [-0.4, -0.2) is 11.0 Å². The number of benzene rings is 2. The summed E-state index contributed by atoms with van der Waals surface area (Å²) in [6, 6.07) is 13.4. The van der Waals surface area contributed by atoms with E-state index in [0.717, 1.165) is 33.5 Å². The molecule has 0 aliphatic rings. The van der Waals surface area contributed by atoms with Crippen molar-refractivity contribution in [3.63, 3.8) is 0 Å². The summed E-state index contributed by atoms with van der Waals surface area (Å²) in [7, 11) is 0. The molecular weight excluding hydrogens is 326 g/mol. The molecule has 0 saturated carbocycles. The summed E-state index contributed by atoms with van der Waals surface area (Å²) in [6.45, 7) is 6.35. The SMILES string of the molecule is Cc1cc(C)c(NC(=O)/C(C#N)=C\NCc2ccc(CO)cc2)c(C)c1. The number of aliphatic hydroxyl groups excluding tert-OH is 1. The molecule has 5 heteroatoms. The second kappa shape index (κ2) is 8.84. The number of aliphatic hydroxyl groups is 1. The monoisotopic (exact) mass is 349 g/mol. The number of anilines is 1. The van der Waals surface area contributed by atoms with E-state index in [2.05, 4.69) is 10.6 Å². The average molecular weight is 349 g/mol. The molecule has 0 bridgehead atoms. The predicted octanol–water partition coefficient (Wildman–Crippen LogP) is 3.24. The van der Waals surface area contributed by atoms with E-state index in [1.54, 1.807) is 0 Å². The molecule has 0 spiro atoms. The second-order valence-corrected chi connectivity index (χ2v) is 6.25. The van der Waals surface area contributed by atoms with Crippen molar-refractivity contribution in [1.82, 2.24) is 5.32 Å². The molecule has 26 heavy (non-hydrogen) atoms.